The second kappa shape index (κ2) is 8.29. The van der Waals surface area contributed by atoms with E-state index in [4.69, 9.17) is 9.47 Å². The Morgan fingerprint density at radius 2 is 2.16 bits per heavy atom. The minimum Gasteiger partial charge on any atom is -0.462 e. The molecule has 1 aromatic rings. The Balaban J connectivity index is 1.84. The van der Waals surface area contributed by atoms with Crippen molar-refractivity contribution in [3.63, 3.8) is 0 Å². The van der Waals surface area contributed by atoms with E-state index in [1.54, 1.807) is 30.2 Å². The first-order valence-electron chi connectivity index (χ1n) is 8.62. The fraction of sp³-hybridized carbons (Fsp3) is 0.611. The van der Waals surface area contributed by atoms with Gasteiger partial charge in [0.15, 0.2) is 0 Å². The number of hydrogen-bond acceptors (Lipinski definition) is 6. The summed E-state index contributed by atoms with van der Waals surface area (Å²) in [5.41, 5.74) is 0.775. The summed E-state index contributed by atoms with van der Waals surface area (Å²) in [5.74, 6) is -0.344. The first-order chi connectivity index (χ1) is 11.8. The third kappa shape index (κ3) is 6.01. The van der Waals surface area contributed by atoms with Crippen LogP contribution in [0.5, 0.6) is 0 Å². The maximum absolute atomic E-state index is 12.1. The summed E-state index contributed by atoms with van der Waals surface area (Å²) in [6.07, 6.45) is 2.18. The minimum absolute atomic E-state index is 0.181. The molecule has 1 atom stereocenters. The van der Waals surface area contributed by atoms with Crippen LogP contribution in [0.1, 0.15) is 50.2 Å². The molecule has 2 heterocycles. The van der Waals surface area contributed by atoms with Crippen LogP contribution in [0.2, 0.25) is 0 Å². The summed E-state index contributed by atoms with van der Waals surface area (Å²) in [4.78, 5) is 29.8. The average Bonchev–Trinajstić information content (AvgIpc) is 3.01. The van der Waals surface area contributed by atoms with E-state index in [1.807, 2.05) is 20.8 Å². The van der Waals surface area contributed by atoms with E-state index in [9.17, 15) is 9.59 Å². The lowest BCUT2D eigenvalue weighted by Crippen LogP contribution is -2.38. The van der Waals surface area contributed by atoms with Gasteiger partial charge < -0.3 is 19.7 Å². The van der Waals surface area contributed by atoms with Crippen LogP contribution < -0.4 is 5.32 Å². The zero-order valence-electron chi connectivity index (χ0n) is 15.4. The highest BCUT2D eigenvalue weighted by atomic mass is 16.6. The lowest BCUT2D eigenvalue weighted by Gasteiger charge is -2.24. The van der Waals surface area contributed by atoms with Crippen molar-refractivity contribution in [2.75, 3.05) is 19.7 Å². The van der Waals surface area contributed by atoms with E-state index in [-0.39, 0.29) is 18.1 Å². The van der Waals surface area contributed by atoms with Crippen LogP contribution >= 0.6 is 0 Å². The van der Waals surface area contributed by atoms with Crippen LogP contribution in [0.15, 0.2) is 18.3 Å². The highest BCUT2D eigenvalue weighted by molar-refractivity contribution is 5.89. The minimum atomic E-state index is -0.486. The maximum atomic E-state index is 12.1. The van der Waals surface area contributed by atoms with Gasteiger partial charge in [0.25, 0.3) is 0 Å². The number of amides is 1. The fourth-order valence-electron chi connectivity index (χ4n) is 2.58. The van der Waals surface area contributed by atoms with Crippen molar-refractivity contribution in [2.24, 2.45) is 0 Å². The SMILES string of the molecule is CCOC(=O)c1ccnc(CN[C@@H]2CCN(C(=O)OC(C)(C)C)C2)c1. The topological polar surface area (TPSA) is 80.8 Å². The van der Waals surface area contributed by atoms with Gasteiger partial charge in [-0.1, -0.05) is 0 Å². The monoisotopic (exact) mass is 349 g/mol. The number of aromatic nitrogens is 1. The molecule has 0 radical (unpaired) electrons. The van der Waals surface area contributed by atoms with Gasteiger partial charge in [-0.3, -0.25) is 4.98 Å². The number of hydrogen-bond donors (Lipinski definition) is 1. The number of carbonyl (C=O) groups is 2. The van der Waals surface area contributed by atoms with Crippen molar-refractivity contribution in [2.45, 2.75) is 52.3 Å². The first kappa shape index (κ1) is 19.2. The van der Waals surface area contributed by atoms with Crippen molar-refractivity contribution in [3.8, 4) is 0 Å². The molecule has 1 fully saturated rings. The standard InChI is InChI=1S/C18H27N3O4/c1-5-24-16(22)13-6-8-19-15(10-13)11-20-14-7-9-21(12-14)17(23)25-18(2,3)4/h6,8,10,14,20H,5,7,9,11-12H2,1-4H3/t14-/m1/s1. The van der Waals surface area contributed by atoms with Gasteiger partial charge in [-0.2, -0.15) is 0 Å². The first-order valence-corrected chi connectivity index (χ1v) is 8.62. The number of carbonyl (C=O) groups excluding carboxylic acids is 2. The maximum Gasteiger partial charge on any atom is 0.410 e. The molecule has 138 valence electrons. The molecule has 0 unspecified atom stereocenters. The van der Waals surface area contributed by atoms with E-state index >= 15 is 0 Å². The molecule has 1 N–H and O–H groups in total. The second-order valence-corrected chi connectivity index (χ2v) is 7.05. The van der Waals surface area contributed by atoms with Gasteiger partial charge in [-0.25, -0.2) is 9.59 Å². The van der Waals surface area contributed by atoms with Gasteiger partial charge >= 0.3 is 12.1 Å². The summed E-state index contributed by atoms with van der Waals surface area (Å²) in [7, 11) is 0. The molecule has 1 aliphatic rings. The number of pyridine rings is 1. The summed E-state index contributed by atoms with van der Waals surface area (Å²) >= 11 is 0. The zero-order valence-corrected chi connectivity index (χ0v) is 15.4. The lowest BCUT2D eigenvalue weighted by atomic mass is 10.2. The average molecular weight is 349 g/mol. The van der Waals surface area contributed by atoms with Crippen LogP contribution in [0.25, 0.3) is 0 Å². The Morgan fingerprint density at radius 3 is 2.84 bits per heavy atom. The number of rotatable bonds is 5. The molecule has 1 saturated heterocycles. The molecular formula is C18H27N3O4. The molecule has 1 aromatic heterocycles. The molecule has 2 rings (SSSR count). The van der Waals surface area contributed by atoms with Gasteiger partial charge in [0.05, 0.1) is 17.9 Å². The van der Waals surface area contributed by atoms with Crippen LogP contribution in [0.4, 0.5) is 4.79 Å². The normalized spacial score (nSPS) is 17.4. The summed E-state index contributed by atoms with van der Waals surface area (Å²) < 4.78 is 10.4. The Morgan fingerprint density at radius 1 is 1.40 bits per heavy atom. The van der Waals surface area contributed by atoms with Crippen LogP contribution in [0, 0.1) is 0 Å². The fourth-order valence-corrected chi connectivity index (χ4v) is 2.58. The smallest absolute Gasteiger partial charge is 0.410 e. The predicted molar refractivity (Wildman–Crippen MR) is 93.2 cm³/mol. The third-order valence-electron chi connectivity index (χ3n) is 3.74. The van der Waals surface area contributed by atoms with Crippen LogP contribution in [0.3, 0.4) is 0 Å². The van der Waals surface area contributed by atoms with Crippen molar-refractivity contribution in [1.82, 2.24) is 15.2 Å². The third-order valence-corrected chi connectivity index (χ3v) is 3.74. The highest BCUT2D eigenvalue weighted by Gasteiger charge is 2.29. The number of likely N-dealkylation sites (tertiary alicyclic amines) is 1. The Hall–Kier alpha value is -2.15. The van der Waals surface area contributed by atoms with Gasteiger partial charge in [0.2, 0.25) is 0 Å². The lowest BCUT2D eigenvalue weighted by molar-refractivity contribution is 0.0290. The zero-order chi connectivity index (χ0) is 18.4. The second-order valence-electron chi connectivity index (χ2n) is 7.05. The quantitative estimate of drug-likeness (QED) is 0.822. The summed E-state index contributed by atoms with van der Waals surface area (Å²) in [6, 6.07) is 3.55. The van der Waals surface area contributed by atoms with Gasteiger partial charge in [0.1, 0.15) is 5.60 Å². The van der Waals surface area contributed by atoms with Gasteiger partial charge in [0, 0.05) is 31.9 Å². The van der Waals surface area contributed by atoms with Crippen LogP contribution in [-0.2, 0) is 16.0 Å². The van der Waals surface area contributed by atoms with E-state index in [0.717, 1.165) is 12.1 Å². The van der Waals surface area contributed by atoms with Gasteiger partial charge in [-0.15, -0.1) is 0 Å². The predicted octanol–water partition coefficient (Wildman–Crippen LogP) is 2.36. The van der Waals surface area contributed by atoms with E-state index in [0.29, 0.717) is 31.8 Å². The Bertz CT molecular complexity index is 613. The van der Waals surface area contributed by atoms with Crippen molar-refractivity contribution in [3.05, 3.63) is 29.6 Å². The van der Waals surface area contributed by atoms with E-state index in [2.05, 4.69) is 10.3 Å². The van der Waals surface area contributed by atoms with Crippen LogP contribution in [-0.4, -0.2) is 53.3 Å². The Labute approximate surface area is 148 Å². The number of ether oxygens (including phenoxy) is 2. The molecule has 1 amide bonds. The van der Waals surface area contributed by atoms with E-state index in [1.165, 1.54) is 0 Å². The van der Waals surface area contributed by atoms with Crippen molar-refractivity contribution < 1.29 is 19.1 Å². The molecule has 0 spiro atoms. The molecular weight excluding hydrogens is 322 g/mol. The molecule has 0 aromatic carbocycles. The molecule has 0 saturated carbocycles. The largest absolute Gasteiger partial charge is 0.462 e. The summed E-state index contributed by atoms with van der Waals surface area (Å²) in [5, 5.41) is 3.38. The Kier molecular flexibility index (Phi) is 6.36. The summed E-state index contributed by atoms with van der Waals surface area (Å²) in [6.45, 7) is 9.50. The molecule has 7 heteroatoms. The number of nitrogens with one attached hydrogen (secondary N) is 1. The molecule has 1 aliphatic heterocycles. The van der Waals surface area contributed by atoms with E-state index < -0.39 is 5.60 Å². The highest BCUT2D eigenvalue weighted by Crippen LogP contribution is 2.15. The van der Waals surface area contributed by atoms with Crippen molar-refractivity contribution in [1.29, 1.82) is 0 Å². The molecule has 25 heavy (non-hydrogen) atoms. The molecule has 0 aliphatic carbocycles. The molecule has 7 nitrogen and oxygen atoms in total. The number of nitrogens with zero attached hydrogens (tertiary/aromatic N) is 2. The van der Waals surface area contributed by atoms with Gasteiger partial charge in [-0.05, 0) is 46.2 Å². The van der Waals surface area contributed by atoms with Crippen molar-refractivity contribution >= 4 is 12.1 Å². The number of esters is 1. The molecule has 0 bridgehead atoms.